The highest BCUT2D eigenvalue weighted by Crippen LogP contribution is 2.36. The van der Waals surface area contributed by atoms with Gasteiger partial charge in [0.2, 0.25) is 0 Å². The lowest BCUT2D eigenvalue weighted by molar-refractivity contribution is 0.0673. The molecule has 3 rings (SSSR count). The lowest BCUT2D eigenvalue weighted by Crippen LogP contribution is -2.19. The molecule has 0 aromatic heterocycles. The molecule has 0 radical (unpaired) electrons. The van der Waals surface area contributed by atoms with E-state index in [1.54, 1.807) is 30.3 Å². The number of nitrogens with one attached hydrogen (secondary N) is 1. The van der Waals surface area contributed by atoms with E-state index in [4.69, 9.17) is 30.5 Å². The minimum atomic E-state index is -0.319. The van der Waals surface area contributed by atoms with Crippen molar-refractivity contribution >= 4 is 23.2 Å². The van der Waals surface area contributed by atoms with Gasteiger partial charge in [0.05, 0.1) is 36.6 Å². The molecule has 1 saturated heterocycles. The number of hydrogen-bond acceptors (Lipinski definition) is 5. The maximum Gasteiger partial charge on any atom is 0.259 e. The van der Waals surface area contributed by atoms with Gasteiger partial charge >= 0.3 is 0 Å². The molecule has 0 aliphatic carbocycles. The molecule has 1 atom stereocenters. The van der Waals surface area contributed by atoms with Gasteiger partial charge in [-0.15, -0.1) is 0 Å². The summed E-state index contributed by atoms with van der Waals surface area (Å²) >= 11 is 6.11. The van der Waals surface area contributed by atoms with Gasteiger partial charge in [0.25, 0.3) is 5.91 Å². The largest absolute Gasteiger partial charge is 0.495 e. The molecule has 1 aliphatic heterocycles. The number of anilines is 1. The topological polar surface area (TPSA) is 66.0 Å². The Hall–Kier alpha value is -2.44. The smallest absolute Gasteiger partial charge is 0.259 e. The Morgan fingerprint density at radius 3 is 2.67 bits per heavy atom. The Morgan fingerprint density at radius 1 is 1.19 bits per heavy atom. The minimum Gasteiger partial charge on any atom is -0.495 e. The van der Waals surface area contributed by atoms with E-state index in [0.29, 0.717) is 40.1 Å². The first-order valence-electron chi connectivity index (χ1n) is 8.68. The fraction of sp³-hybridized carbons (Fsp3) is 0.350. The number of halogens is 1. The second kappa shape index (κ2) is 8.97. The maximum absolute atomic E-state index is 12.8. The van der Waals surface area contributed by atoms with Crippen LogP contribution in [0, 0.1) is 0 Å². The molecular formula is C20H22ClNO5. The van der Waals surface area contributed by atoms with Gasteiger partial charge in [-0.25, -0.2) is 0 Å². The first-order chi connectivity index (χ1) is 13.1. The van der Waals surface area contributed by atoms with Gasteiger partial charge < -0.3 is 24.3 Å². The van der Waals surface area contributed by atoms with Crippen LogP contribution in [0.15, 0.2) is 36.4 Å². The standard InChI is InChI=1S/C20H22ClNO5/c1-24-18-11-16(19(25-2)10-15(18)21)22-20(23)14-7-3-4-8-17(14)27-12-13-6-5-9-26-13/h3-4,7-8,10-11,13H,5-6,9,12H2,1-2H3,(H,22,23)/t13-/m0/s1. The van der Waals surface area contributed by atoms with Crippen LogP contribution in [-0.4, -0.2) is 39.4 Å². The Kier molecular flexibility index (Phi) is 6.42. The van der Waals surface area contributed by atoms with Gasteiger partial charge in [-0.3, -0.25) is 4.79 Å². The van der Waals surface area contributed by atoms with Gasteiger partial charge in [-0.05, 0) is 25.0 Å². The summed E-state index contributed by atoms with van der Waals surface area (Å²) in [7, 11) is 3.01. The van der Waals surface area contributed by atoms with Gasteiger partial charge in [0.15, 0.2) is 0 Å². The molecule has 0 saturated carbocycles. The summed E-state index contributed by atoms with van der Waals surface area (Å²) in [6.45, 7) is 1.18. The highest BCUT2D eigenvalue weighted by molar-refractivity contribution is 6.32. The van der Waals surface area contributed by atoms with E-state index >= 15 is 0 Å². The molecule has 7 heteroatoms. The van der Waals surface area contributed by atoms with Crippen molar-refractivity contribution in [1.29, 1.82) is 0 Å². The number of methoxy groups -OCH3 is 2. The molecule has 1 heterocycles. The quantitative estimate of drug-likeness (QED) is 0.767. The SMILES string of the molecule is COc1cc(NC(=O)c2ccccc2OC[C@@H]2CCCO2)c(OC)cc1Cl. The third kappa shape index (κ3) is 4.64. The maximum atomic E-state index is 12.8. The number of carbonyl (C=O) groups is 1. The number of benzene rings is 2. The normalized spacial score (nSPS) is 16.0. The summed E-state index contributed by atoms with van der Waals surface area (Å²) in [5.41, 5.74) is 0.879. The van der Waals surface area contributed by atoms with Crippen LogP contribution in [0.3, 0.4) is 0 Å². The predicted octanol–water partition coefficient (Wildman–Crippen LogP) is 4.17. The molecule has 0 unspecified atom stereocenters. The van der Waals surface area contributed by atoms with Gasteiger partial charge in [0, 0.05) is 18.7 Å². The van der Waals surface area contributed by atoms with Crippen LogP contribution in [0.2, 0.25) is 5.02 Å². The zero-order valence-electron chi connectivity index (χ0n) is 15.3. The van der Waals surface area contributed by atoms with E-state index in [2.05, 4.69) is 5.32 Å². The van der Waals surface area contributed by atoms with E-state index in [0.717, 1.165) is 19.4 Å². The third-order valence-electron chi connectivity index (χ3n) is 4.30. The molecule has 1 amide bonds. The Bertz CT molecular complexity index is 805. The zero-order chi connectivity index (χ0) is 19.2. The highest BCUT2D eigenvalue weighted by Gasteiger charge is 2.19. The van der Waals surface area contributed by atoms with Gasteiger partial charge in [-0.2, -0.15) is 0 Å². The van der Waals surface area contributed by atoms with Crippen LogP contribution in [0.25, 0.3) is 0 Å². The van der Waals surface area contributed by atoms with Gasteiger partial charge in [-0.1, -0.05) is 23.7 Å². The molecule has 6 nitrogen and oxygen atoms in total. The summed E-state index contributed by atoms with van der Waals surface area (Å²) in [4.78, 5) is 12.8. The molecule has 27 heavy (non-hydrogen) atoms. The van der Waals surface area contributed by atoms with Crippen LogP contribution in [0.5, 0.6) is 17.2 Å². The number of hydrogen-bond donors (Lipinski definition) is 1. The van der Waals surface area contributed by atoms with Crippen molar-refractivity contribution in [3.8, 4) is 17.2 Å². The van der Waals surface area contributed by atoms with E-state index in [-0.39, 0.29) is 12.0 Å². The Morgan fingerprint density at radius 2 is 1.96 bits per heavy atom. The lowest BCUT2D eigenvalue weighted by atomic mass is 10.1. The van der Waals surface area contributed by atoms with Crippen LogP contribution in [-0.2, 0) is 4.74 Å². The molecule has 2 aromatic rings. The number of rotatable bonds is 7. The second-order valence-corrected chi connectivity index (χ2v) is 6.49. The molecule has 0 bridgehead atoms. The summed E-state index contributed by atoms with van der Waals surface area (Å²) in [5, 5.41) is 3.23. The summed E-state index contributed by atoms with van der Waals surface area (Å²) < 4.78 is 21.9. The predicted molar refractivity (Wildman–Crippen MR) is 103 cm³/mol. The minimum absolute atomic E-state index is 0.0711. The molecule has 144 valence electrons. The Labute approximate surface area is 163 Å². The number of amides is 1. The van der Waals surface area contributed by atoms with Crippen LogP contribution >= 0.6 is 11.6 Å². The highest BCUT2D eigenvalue weighted by atomic mass is 35.5. The van der Waals surface area contributed by atoms with Crippen molar-refractivity contribution in [2.75, 3.05) is 32.8 Å². The third-order valence-corrected chi connectivity index (χ3v) is 4.60. The Balaban J connectivity index is 1.78. The molecular weight excluding hydrogens is 370 g/mol. The van der Waals surface area contributed by atoms with Gasteiger partial charge in [0.1, 0.15) is 23.9 Å². The van der Waals surface area contributed by atoms with E-state index in [9.17, 15) is 4.79 Å². The van der Waals surface area contributed by atoms with Crippen molar-refractivity contribution in [3.05, 3.63) is 47.0 Å². The summed E-state index contributed by atoms with van der Waals surface area (Å²) in [6.07, 6.45) is 2.08. The molecule has 0 spiro atoms. The summed E-state index contributed by atoms with van der Waals surface area (Å²) in [5.74, 6) is 1.06. The summed E-state index contributed by atoms with van der Waals surface area (Å²) in [6, 6.07) is 10.3. The first-order valence-corrected chi connectivity index (χ1v) is 9.06. The molecule has 1 fully saturated rings. The van der Waals surface area contributed by atoms with E-state index in [1.807, 2.05) is 6.07 Å². The van der Waals surface area contributed by atoms with Crippen molar-refractivity contribution in [2.24, 2.45) is 0 Å². The van der Waals surface area contributed by atoms with E-state index < -0.39 is 0 Å². The second-order valence-electron chi connectivity index (χ2n) is 6.08. The fourth-order valence-electron chi connectivity index (χ4n) is 2.89. The molecule has 1 aliphatic rings. The van der Waals surface area contributed by atoms with E-state index in [1.165, 1.54) is 14.2 Å². The average molecular weight is 392 g/mol. The lowest BCUT2D eigenvalue weighted by Gasteiger charge is -2.16. The van der Waals surface area contributed by atoms with Crippen LogP contribution < -0.4 is 19.5 Å². The molecule has 1 N–H and O–H groups in total. The first kappa shape index (κ1) is 19.3. The van der Waals surface area contributed by atoms with Crippen molar-refractivity contribution in [2.45, 2.75) is 18.9 Å². The number of carbonyl (C=O) groups excluding carboxylic acids is 1. The average Bonchev–Trinajstić information content (AvgIpc) is 3.21. The fourth-order valence-corrected chi connectivity index (χ4v) is 3.12. The van der Waals surface area contributed by atoms with Crippen molar-refractivity contribution in [3.63, 3.8) is 0 Å². The van der Waals surface area contributed by atoms with Crippen molar-refractivity contribution < 1.29 is 23.7 Å². The van der Waals surface area contributed by atoms with Crippen LogP contribution in [0.1, 0.15) is 23.2 Å². The van der Waals surface area contributed by atoms with Crippen LogP contribution in [0.4, 0.5) is 5.69 Å². The zero-order valence-corrected chi connectivity index (χ0v) is 16.0. The molecule has 2 aromatic carbocycles. The number of ether oxygens (including phenoxy) is 4. The van der Waals surface area contributed by atoms with Crippen molar-refractivity contribution in [1.82, 2.24) is 0 Å². The monoisotopic (exact) mass is 391 g/mol. The number of para-hydroxylation sites is 1.